The Morgan fingerprint density at radius 3 is 2.50 bits per heavy atom. The van der Waals surface area contributed by atoms with Gasteiger partial charge in [0.05, 0.1) is 6.10 Å². The number of carbonyl (C=O) groups is 2. The lowest BCUT2D eigenvalue weighted by Crippen LogP contribution is -2.35. The Labute approximate surface area is 121 Å². The number of hydrogen-bond donors (Lipinski definition) is 0. The molecular formula is C16H26O4. The van der Waals surface area contributed by atoms with Gasteiger partial charge in [-0.2, -0.15) is 0 Å². The molecule has 0 radical (unpaired) electrons. The first-order chi connectivity index (χ1) is 9.19. The monoisotopic (exact) mass is 282 g/mol. The van der Waals surface area contributed by atoms with Gasteiger partial charge in [0.1, 0.15) is 6.10 Å². The van der Waals surface area contributed by atoms with Crippen LogP contribution < -0.4 is 0 Å². The molecule has 0 aromatic heterocycles. The summed E-state index contributed by atoms with van der Waals surface area (Å²) in [6.07, 6.45) is 1.60. The Morgan fingerprint density at radius 1 is 1.40 bits per heavy atom. The summed E-state index contributed by atoms with van der Waals surface area (Å²) in [6.45, 7) is 9.34. The van der Waals surface area contributed by atoms with Crippen LogP contribution in [0.5, 0.6) is 0 Å². The van der Waals surface area contributed by atoms with Crippen molar-refractivity contribution in [2.24, 2.45) is 5.41 Å². The van der Waals surface area contributed by atoms with Crippen molar-refractivity contribution in [2.45, 2.75) is 66.1 Å². The van der Waals surface area contributed by atoms with Crippen LogP contribution in [0, 0.1) is 5.41 Å². The third-order valence-corrected chi connectivity index (χ3v) is 4.05. The Hall–Kier alpha value is -1.16. The van der Waals surface area contributed by atoms with Crippen LogP contribution in [0.25, 0.3) is 0 Å². The molecule has 0 unspecified atom stereocenters. The van der Waals surface area contributed by atoms with E-state index in [1.165, 1.54) is 6.92 Å². The van der Waals surface area contributed by atoms with Crippen molar-refractivity contribution in [1.29, 1.82) is 0 Å². The summed E-state index contributed by atoms with van der Waals surface area (Å²) in [6, 6.07) is 0. The third-order valence-electron chi connectivity index (χ3n) is 4.05. The molecule has 0 aromatic carbocycles. The van der Waals surface area contributed by atoms with Crippen LogP contribution in [0.2, 0.25) is 0 Å². The average Bonchev–Trinajstić information content (AvgIpc) is 2.32. The molecular weight excluding hydrogens is 256 g/mol. The summed E-state index contributed by atoms with van der Waals surface area (Å²) in [4.78, 5) is 23.7. The highest BCUT2D eigenvalue weighted by Crippen LogP contribution is 2.42. The lowest BCUT2D eigenvalue weighted by Gasteiger charge is -2.37. The maximum absolute atomic E-state index is 12.5. The predicted octanol–water partition coefficient (Wildman–Crippen LogP) is 3.05. The van der Waals surface area contributed by atoms with Crippen LogP contribution >= 0.6 is 0 Å². The van der Waals surface area contributed by atoms with Gasteiger partial charge in [-0.15, -0.1) is 0 Å². The number of ketones is 1. The van der Waals surface area contributed by atoms with E-state index in [2.05, 4.69) is 13.8 Å². The summed E-state index contributed by atoms with van der Waals surface area (Å²) >= 11 is 0. The largest absolute Gasteiger partial charge is 0.458 e. The molecule has 0 saturated heterocycles. The molecule has 1 aliphatic rings. The van der Waals surface area contributed by atoms with Gasteiger partial charge in [-0.3, -0.25) is 9.59 Å². The lowest BCUT2D eigenvalue weighted by atomic mass is 9.69. The zero-order valence-electron chi connectivity index (χ0n) is 13.4. The maximum atomic E-state index is 12.5. The van der Waals surface area contributed by atoms with Gasteiger partial charge >= 0.3 is 5.97 Å². The molecule has 1 rings (SSSR count). The molecule has 1 aliphatic carbocycles. The molecule has 0 spiro atoms. The second-order valence-corrected chi connectivity index (χ2v) is 6.25. The highest BCUT2D eigenvalue weighted by molar-refractivity contribution is 5.98. The van der Waals surface area contributed by atoms with Gasteiger partial charge in [0.2, 0.25) is 0 Å². The van der Waals surface area contributed by atoms with E-state index >= 15 is 0 Å². The van der Waals surface area contributed by atoms with E-state index in [9.17, 15) is 9.59 Å². The predicted molar refractivity (Wildman–Crippen MR) is 77.4 cm³/mol. The van der Waals surface area contributed by atoms with E-state index in [-0.39, 0.29) is 29.4 Å². The Kier molecular flexibility index (Phi) is 5.51. The van der Waals surface area contributed by atoms with E-state index in [1.54, 1.807) is 7.11 Å². The molecule has 0 aliphatic heterocycles. The molecule has 114 valence electrons. The van der Waals surface area contributed by atoms with Crippen LogP contribution in [0.15, 0.2) is 11.1 Å². The molecule has 4 heteroatoms. The van der Waals surface area contributed by atoms with Gasteiger partial charge in [0.15, 0.2) is 5.78 Å². The lowest BCUT2D eigenvalue weighted by molar-refractivity contribution is -0.145. The second kappa shape index (κ2) is 6.53. The van der Waals surface area contributed by atoms with Crippen molar-refractivity contribution >= 4 is 11.8 Å². The minimum absolute atomic E-state index is 0.0960. The first-order valence-electron chi connectivity index (χ1n) is 7.13. The number of methoxy groups -OCH3 is 1. The molecule has 0 N–H and O–H groups in total. The molecule has 20 heavy (non-hydrogen) atoms. The fraction of sp³-hybridized carbons (Fsp3) is 0.750. The maximum Gasteiger partial charge on any atom is 0.303 e. The summed E-state index contributed by atoms with van der Waals surface area (Å²) < 4.78 is 10.5. The smallest absolute Gasteiger partial charge is 0.303 e. The standard InChI is InChI=1S/C16H26O4/c1-10(19-6)9-13(18)15-11(2)14(20-12(3)17)7-8-16(15,4)5/h10,14H,7-9H2,1-6H3/t10-,14-/m0/s1. The van der Waals surface area contributed by atoms with Gasteiger partial charge in [0, 0.05) is 26.0 Å². The fourth-order valence-electron chi connectivity index (χ4n) is 2.92. The third kappa shape index (κ3) is 3.92. The highest BCUT2D eigenvalue weighted by Gasteiger charge is 2.38. The van der Waals surface area contributed by atoms with E-state index in [0.29, 0.717) is 6.42 Å². The Bertz CT molecular complexity index is 420. The van der Waals surface area contributed by atoms with E-state index < -0.39 is 0 Å². The molecule has 0 amide bonds. The zero-order chi connectivity index (χ0) is 15.5. The van der Waals surface area contributed by atoms with Crippen LogP contribution in [0.3, 0.4) is 0 Å². The topological polar surface area (TPSA) is 52.6 Å². The molecule has 0 saturated carbocycles. The first-order valence-corrected chi connectivity index (χ1v) is 7.13. The minimum atomic E-state index is -0.300. The van der Waals surface area contributed by atoms with Crippen molar-refractivity contribution in [2.75, 3.05) is 7.11 Å². The SMILES string of the molecule is CO[C@@H](C)CC(=O)C1=C(C)[C@@H](OC(C)=O)CCC1(C)C. The van der Waals surface area contributed by atoms with E-state index in [4.69, 9.17) is 9.47 Å². The molecule has 0 bridgehead atoms. The summed E-state index contributed by atoms with van der Waals surface area (Å²) in [7, 11) is 1.60. The number of allylic oxidation sites excluding steroid dienone is 1. The first kappa shape index (κ1) is 16.9. The van der Waals surface area contributed by atoms with Gasteiger partial charge in [-0.25, -0.2) is 0 Å². The normalized spacial score (nSPS) is 23.4. The van der Waals surface area contributed by atoms with Crippen LogP contribution in [0.4, 0.5) is 0 Å². The van der Waals surface area contributed by atoms with Crippen molar-refractivity contribution in [3.05, 3.63) is 11.1 Å². The Morgan fingerprint density at radius 2 is 2.00 bits per heavy atom. The van der Waals surface area contributed by atoms with Crippen molar-refractivity contribution in [1.82, 2.24) is 0 Å². The number of carbonyl (C=O) groups excluding carboxylic acids is 2. The van der Waals surface area contributed by atoms with Crippen molar-refractivity contribution in [3.63, 3.8) is 0 Å². The molecule has 0 heterocycles. The fourth-order valence-corrected chi connectivity index (χ4v) is 2.92. The number of rotatable bonds is 5. The number of ether oxygens (including phenoxy) is 2. The number of Topliss-reactive ketones (excluding diaryl/α,β-unsaturated/α-hetero) is 1. The average molecular weight is 282 g/mol. The van der Waals surface area contributed by atoms with Crippen LogP contribution in [-0.4, -0.2) is 31.1 Å². The number of hydrogen-bond acceptors (Lipinski definition) is 4. The zero-order valence-corrected chi connectivity index (χ0v) is 13.4. The van der Waals surface area contributed by atoms with E-state index in [1.807, 2.05) is 13.8 Å². The van der Waals surface area contributed by atoms with Crippen molar-refractivity contribution < 1.29 is 19.1 Å². The van der Waals surface area contributed by atoms with Gasteiger partial charge in [-0.1, -0.05) is 13.8 Å². The molecule has 4 nitrogen and oxygen atoms in total. The van der Waals surface area contributed by atoms with Gasteiger partial charge < -0.3 is 9.47 Å². The Balaban J connectivity index is 3.06. The van der Waals surface area contributed by atoms with Crippen LogP contribution in [0.1, 0.15) is 53.9 Å². The minimum Gasteiger partial charge on any atom is -0.458 e. The summed E-state index contributed by atoms with van der Waals surface area (Å²) in [5, 5.41) is 0. The molecule has 0 fully saturated rings. The summed E-state index contributed by atoms with van der Waals surface area (Å²) in [5.41, 5.74) is 1.52. The van der Waals surface area contributed by atoms with Gasteiger partial charge in [-0.05, 0) is 37.7 Å². The highest BCUT2D eigenvalue weighted by atomic mass is 16.5. The number of esters is 1. The van der Waals surface area contributed by atoms with Gasteiger partial charge in [0.25, 0.3) is 0 Å². The second-order valence-electron chi connectivity index (χ2n) is 6.25. The van der Waals surface area contributed by atoms with Crippen molar-refractivity contribution in [3.8, 4) is 0 Å². The molecule has 0 aromatic rings. The molecule has 2 atom stereocenters. The van der Waals surface area contributed by atoms with Crippen LogP contribution in [-0.2, 0) is 19.1 Å². The van der Waals surface area contributed by atoms with E-state index in [0.717, 1.165) is 24.0 Å². The summed E-state index contributed by atoms with van der Waals surface area (Å²) in [5.74, 6) is -0.204. The quantitative estimate of drug-likeness (QED) is 0.727.